The number of carbonyl (C=O) groups excluding carboxylic acids is 1. The maximum Gasteiger partial charge on any atom is 0.246 e. The van der Waals surface area contributed by atoms with E-state index in [0.717, 1.165) is 30.1 Å². The van der Waals surface area contributed by atoms with Gasteiger partial charge < -0.3 is 14.5 Å². The zero-order valence-corrected chi connectivity index (χ0v) is 14.5. The molecule has 1 amide bonds. The summed E-state index contributed by atoms with van der Waals surface area (Å²) in [6.45, 7) is 5.65. The predicted octanol–water partition coefficient (Wildman–Crippen LogP) is 2.84. The van der Waals surface area contributed by atoms with E-state index in [1.807, 2.05) is 48.2 Å². The summed E-state index contributed by atoms with van der Waals surface area (Å²) >= 11 is 0. The standard InChI is InChI=1S/C20H23N3O2/c1-2-25-19-8-4-3-7-18(19)22-12-14-23(15-13-22)20(24)10-9-17-6-5-11-21-16-17/h3-11,16H,2,12-15H2,1H3/b10-9+. The van der Waals surface area contributed by atoms with Crippen molar-refractivity contribution in [3.05, 3.63) is 60.4 Å². The van der Waals surface area contributed by atoms with E-state index >= 15 is 0 Å². The SMILES string of the molecule is CCOc1ccccc1N1CCN(C(=O)/C=C/c2cccnc2)CC1. The van der Waals surface area contributed by atoms with Crippen LogP contribution in [-0.4, -0.2) is 48.6 Å². The van der Waals surface area contributed by atoms with Gasteiger partial charge in [-0.3, -0.25) is 9.78 Å². The second-order valence-electron chi connectivity index (χ2n) is 5.83. The van der Waals surface area contributed by atoms with E-state index in [0.29, 0.717) is 19.7 Å². The van der Waals surface area contributed by atoms with Gasteiger partial charge in [0.1, 0.15) is 5.75 Å². The lowest BCUT2D eigenvalue weighted by atomic mass is 10.2. The molecule has 2 aromatic rings. The van der Waals surface area contributed by atoms with Crippen molar-refractivity contribution in [2.24, 2.45) is 0 Å². The van der Waals surface area contributed by atoms with Gasteiger partial charge in [0.25, 0.3) is 0 Å². The number of nitrogens with zero attached hydrogens (tertiary/aromatic N) is 3. The molecule has 0 unspecified atom stereocenters. The molecule has 130 valence electrons. The molecule has 25 heavy (non-hydrogen) atoms. The summed E-state index contributed by atoms with van der Waals surface area (Å²) < 4.78 is 5.71. The molecule has 1 aliphatic rings. The fraction of sp³-hybridized carbons (Fsp3) is 0.300. The van der Waals surface area contributed by atoms with Crippen molar-refractivity contribution in [3.8, 4) is 5.75 Å². The first-order chi connectivity index (χ1) is 12.3. The Kier molecular flexibility index (Phi) is 5.67. The molecule has 1 aromatic carbocycles. The predicted molar refractivity (Wildman–Crippen MR) is 99.7 cm³/mol. The third-order valence-corrected chi connectivity index (χ3v) is 4.20. The Balaban J connectivity index is 1.58. The van der Waals surface area contributed by atoms with Crippen LogP contribution in [0.25, 0.3) is 6.08 Å². The van der Waals surface area contributed by atoms with E-state index in [1.54, 1.807) is 18.5 Å². The van der Waals surface area contributed by atoms with Gasteiger partial charge in [0.05, 0.1) is 12.3 Å². The van der Waals surface area contributed by atoms with Crippen LogP contribution in [0.1, 0.15) is 12.5 Å². The van der Waals surface area contributed by atoms with E-state index in [1.165, 1.54) is 0 Å². The molecule has 0 radical (unpaired) electrons. The average Bonchev–Trinajstić information content (AvgIpc) is 2.68. The lowest BCUT2D eigenvalue weighted by Crippen LogP contribution is -2.48. The summed E-state index contributed by atoms with van der Waals surface area (Å²) in [7, 11) is 0. The zero-order chi connectivity index (χ0) is 17.5. The number of benzene rings is 1. The molecule has 1 fully saturated rings. The van der Waals surface area contributed by atoms with E-state index in [-0.39, 0.29) is 5.91 Å². The first-order valence-electron chi connectivity index (χ1n) is 8.61. The summed E-state index contributed by atoms with van der Waals surface area (Å²) in [6, 6.07) is 11.9. The van der Waals surface area contributed by atoms with Crippen LogP contribution < -0.4 is 9.64 Å². The number of carbonyl (C=O) groups is 1. The summed E-state index contributed by atoms with van der Waals surface area (Å²) in [5.41, 5.74) is 2.03. The molecule has 2 heterocycles. The quantitative estimate of drug-likeness (QED) is 0.787. The molecule has 1 saturated heterocycles. The summed E-state index contributed by atoms with van der Waals surface area (Å²) in [6.07, 6.45) is 6.90. The smallest absolute Gasteiger partial charge is 0.246 e. The highest BCUT2D eigenvalue weighted by atomic mass is 16.5. The Hall–Kier alpha value is -2.82. The second kappa shape index (κ2) is 8.33. The third-order valence-electron chi connectivity index (χ3n) is 4.20. The molecule has 0 bridgehead atoms. The molecule has 0 atom stereocenters. The Bertz CT molecular complexity index is 723. The maximum atomic E-state index is 12.4. The monoisotopic (exact) mass is 337 g/mol. The Morgan fingerprint density at radius 3 is 2.68 bits per heavy atom. The molecule has 0 saturated carbocycles. The van der Waals surface area contributed by atoms with Gasteiger partial charge in [0.2, 0.25) is 5.91 Å². The first kappa shape index (κ1) is 17.0. The molecule has 0 aliphatic carbocycles. The van der Waals surface area contributed by atoms with E-state index in [9.17, 15) is 4.79 Å². The minimum absolute atomic E-state index is 0.0431. The number of para-hydroxylation sites is 2. The number of anilines is 1. The van der Waals surface area contributed by atoms with Crippen molar-refractivity contribution in [1.29, 1.82) is 0 Å². The maximum absolute atomic E-state index is 12.4. The number of rotatable bonds is 5. The van der Waals surface area contributed by atoms with Crippen LogP contribution in [0.2, 0.25) is 0 Å². The summed E-state index contributed by atoms with van der Waals surface area (Å²) in [5.74, 6) is 0.947. The molecule has 3 rings (SSSR count). The topological polar surface area (TPSA) is 45.7 Å². The van der Waals surface area contributed by atoms with Crippen molar-refractivity contribution >= 4 is 17.7 Å². The van der Waals surface area contributed by atoms with Gasteiger partial charge in [-0.15, -0.1) is 0 Å². The molecule has 5 nitrogen and oxygen atoms in total. The molecule has 1 aliphatic heterocycles. The Morgan fingerprint density at radius 1 is 1.16 bits per heavy atom. The number of hydrogen-bond acceptors (Lipinski definition) is 4. The molecule has 0 spiro atoms. The van der Waals surface area contributed by atoms with Crippen LogP contribution in [0.4, 0.5) is 5.69 Å². The highest BCUT2D eigenvalue weighted by Gasteiger charge is 2.21. The van der Waals surface area contributed by atoms with Crippen LogP contribution in [0.15, 0.2) is 54.9 Å². The van der Waals surface area contributed by atoms with Gasteiger partial charge in [-0.1, -0.05) is 18.2 Å². The number of hydrogen-bond donors (Lipinski definition) is 0. The van der Waals surface area contributed by atoms with E-state index < -0.39 is 0 Å². The van der Waals surface area contributed by atoms with Gasteiger partial charge in [-0.25, -0.2) is 0 Å². The lowest BCUT2D eigenvalue weighted by Gasteiger charge is -2.36. The fourth-order valence-electron chi connectivity index (χ4n) is 2.91. The van der Waals surface area contributed by atoms with Crippen LogP contribution in [0, 0.1) is 0 Å². The number of piperazine rings is 1. The van der Waals surface area contributed by atoms with Crippen LogP contribution >= 0.6 is 0 Å². The van der Waals surface area contributed by atoms with Gasteiger partial charge >= 0.3 is 0 Å². The van der Waals surface area contributed by atoms with Gasteiger partial charge in [-0.05, 0) is 36.8 Å². The van der Waals surface area contributed by atoms with Crippen molar-refractivity contribution in [2.45, 2.75) is 6.92 Å². The minimum atomic E-state index is 0.0431. The number of aromatic nitrogens is 1. The molecule has 5 heteroatoms. The van der Waals surface area contributed by atoms with Gasteiger partial charge in [0, 0.05) is 44.6 Å². The minimum Gasteiger partial charge on any atom is -0.492 e. The largest absolute Gasteiger partial charge is 0.492 e. The number of amides is 1. The molecule has 0 N–H and O–H groups in total. The third kappa shape index (κ3) is 4.38. The van der Waals surface area contributed by atoms with Gasteiger partial charge in [-0.2, -0.15) is 0 Å². The van der Waals surface area contributed by atoms with Crippen LogP contribution in [0.3, 0.4) is 0 Å². The lowest BCUT2D eigenvalue weighted by molar-refractivity contribution is -0.126. The Labute approximate surface area is 148 Å². The highest BCUT2D eigenvalue weighted by Crippen LogP contribution is 2.28. The Morgan fingerprint density at radius 2 is 1.96 bits per heavy atom. The number of pyridine rings is 1. The molecular formula is C20H23N3O2. The summed E-state index contributed by atoms with van der Waals surface area (Å²) in [4.78, 5) is 20.6. The fourth-order valence-corrected chi connectivity index (χ4v) is 2.91. The van der Waals surface area contributed by atoms with Crippen molar-refractivity contribution in [1.82, 2.24) is 9.88 Å². The summed E-state index contributed by atoms with van der Waals surface area (Å²) in [5, 5.41) is 0. The highest BCUT2D eigenvalue weighted by molar-refractivity contribution is 5.91. The second-order valence-corrected chi connectivity index (χ2v) is 5.83. The first-order valence-corrected chi connectivity index (χ1v) is 8.61. The van der Waals surface area contributed by atoms with Gasteiger partial charge in [0.15, 0.2) is 0 Å². The van der Waals surface area contributed by atoms with Crippen LogP contribution in [0.5, 0.6) is 5.75 Å². The van der Waals surface area contributed by atoms with E-state index in [4.69, 9.17) is 4.74 Å². The molecule has 1 aromatic heterocycles. The number of ether oxygens (including phenoxy) is 1. The van der Waals surface area contributed by atoms with Crippen molar-refractivity contribution < 1.29 is 9.53 Å². The van der Waals surface area contributed by atoms with Crippen molar-refractivity contribution in [2.75, 3.05) is 37.7 Å². The van der Waals surface area contributed by atoms with E-state index in [2.05, 4.69) is 16.0 Å². The average molecular weight is 337 g/mol. The normalized spacial score (nSPS) is 14.8. The zero-order valence-electron chi connectivity index (χ0n) is 14.5. The van der Waals surface area contributed by atoms with Crippen molar-refractivity contribution in [3.63, 3.8) is 0 Å². The molecular weight excluding hydrogens is 314 g/mol. The van der Waals surface area contributed by atoms with Crippen LogP contribution in [-0.2, 0) is 4.79 Å².